The minimum absolute atomic E-state index is 0.0130. The van der Waals surface area contributed by atoms with Crippen molar-refractivity contribution in [3.63, 3.8) is 0 Å². The van der Waals surface area contributed by atoms with E-state index in [1.165, 1.54) is 19.2 Å². The molecule has 2 aromatic rings. The summed E-state index contributed by atoms with van der Waals surface area (Å²) >= 11 is 0. The van der Waals surface area contributed by atoms with Crippen LogP contribution in [-0.4, -0.2) is 25.7 Å². The van der Waals surface area contributed by atoms with Gasteiger partial charge < -0.3 is 14.8 Å². The fraction of sp³-hybridized carbons (Fsp3) is 0.381. The average molecular weight is 377 g/mol. The van der Waals surface area contributed by atoms with E-state index in [0.29, 0.717) is 6.42 Å². The van der Waals surface area contributed by atoms with E-state index in [9.17, 15) is 13.6 Å². The Balaban J connectivity index is 2.15. The molecule has 0 saturated heterocycles. The Kier molecular flexibility index (Phi) is 6.77. The minimum atomic E-state index is -3.05. The predicted molar refractivity (Wildman–Crippen MR) is 101 cm³/mol. The standard InChI is InChI=1S/C21H25F2NO3/c1-14(13-21(2,3)15-9-6-5-7-10-15)24-19(25)16-11-8-12-17(26-4)18(16)27-20(22)23/h5-12,14,20H,13H2,1-4H3,(H,24,25). The summed E-state index contributed by atoms with van der Waals surface area (Å²) in [7, 11) is 1.33. The molecule has 1 atom stereocenters. The molecule has 1 N–H and O–H groups in total. The summed E-state index contributed by atoms with van der Waals surface area (Å²) in [6.45, 7) is 3.03. The fourth-order valence-corrected chi connectivity index (χ4v) is 3.19. The summed E-state index contributed by atoms with van der Waals surface area (Å²) in [5.41, 5.74) is 1.01. The molecule has 146 valence electrons. The highest BCUT2D eigenvalue weighted by atomic mass is 19.3. The van der Waals surface area contributed by atoms with Crippen molar-refractivity contribution in [2.24, 2.45) is 0 Å². The lowest BCUT2D eigenvalue weighted by Gasteiger charge is -2.29. The van der Waals surface area contributed by atoms with E-state index in [2.05, 4.69) is 23.9 Å². The lowest BCUT2D eigenvalue weighted by atomic mass is 9.79. The smallest absolute Gasteiger partial charge is 0.387 e. The number of halogens is 2. The van der Waals surface area contributed by atoms with Crippen LogP contribution in [0.1, 0.15) is 43.1 Å². The summed E-state index contributed by atoms with van der Waals surface area (Å²) < 4.78 is 35.1. The van der Waals surface area contributed by atoms with Gasteiger partial charge in [0.05, 0.1) is 12.7 Å². The quantitative estimate of drug-likeness (QED) is 0.720. The van der Waals surface area contributed by atoms with E-state index in [4.69, 9.17) is 4.74 Å². The molecule has 27 heavy (non-hydrogen) atoms. The van der Waals surface area contributed by atoms with Gasteiger partial charge in [-0.05, 0) is 36.5 Å². The number of rotatable bonds is 8. The summed E-state index contributed by atoms with van der Waals surface area (Å²) in [4.78, 5) is 12.7. The first-order chi connectivity index (χ1) is 12.7. The Hall–Kier alpha value is -2.63. The topological polar surface area (TPSA) is 47.6 Å². The van der Waals surface area contributed by atoms with Crippen molar-refractivity contribution in [2.45, 2.75) is 45.3 Å². The predicted octanol–water partition coefficient (Wildman–Crippen LogP) is 4.78. The first kappa shape index (κ1) is 20.7. The molecule has 6 heteroatoms. The number of alkyl halides is 2. The van der Waals surface area contributed by atoms with Gasteiger partial charge in [0.2, 0.25) is 0 Å². The number of benzene rings is 2. The second-order valence-corrected chi connectivity index (χ2v) is 7.04. The average Bonchev–Trinajstić information content (AvgIpc) is 2.61. The molecule has 0 aliphatic rings. The number of carbonyl (C=O) groups is 1. The fourth-order valence-electron chi connectivity index (χ4n) is 3.19. The third kappa shape index (κ3) is 5.42. The Morgan fingerprint density at radius 3 is 2.37 bits per heavy atom. The van der Waals surface area contributed by atoms with Gasteiger partial charge >= 0.3 is 6.61 Å². The zero-order valence-electron chi connectivity index (χ0n) is 16.0. The molecule has 0 aliphatic heterocycles. The SMILES string of the molecule is COc1cccc(C(=O)NC(C)CC(C)(C)c2ccccc2)c1OC(F)F. The maximum Gasteiger partial charge on any atom is 0.387 e. The Morgan fingerprint density at radius 1 is 1.11 bits per heavy atom. The van der Waals surface area contributed by atoms with E-state index in [-0.39, 0.29) is 28.5 Å². The van der Waals surface area contributed by atoms with Crippen LogP contribution in [0.3, 0.4) is 0 Å². The summed E-state index contributed by atoms with van der Waals surface area (Å²) in [5, 5.41) is 2.87. The molecular formula is C21H25F2NO3. The highest BCUT2D eigenvalue weighted by Crippen LogP contribution is 2.33. The van der Waals surface area contributed by atoms with Gasteiger partial charge in [0.25, 0.3) is 5.91 Å². The van der Waals surface area contributed by atoms with Crippen LogP contribution in [0, 0.1) is 0 Å². The highest BCUT2D eigenvalue weighted by Gasteiger charge is 2.26. The van der Waals surface area contributed by atoms with E-state index in [0.717, 1.165) is 5.56 Å². The van der Waals surface area contributed by atoms with E-state index in [1.54, 1.807) is 6.07 Å². The van der Waals surface area contributed by atoms with Gasteiger partial charge in [0.1, 0.15) is 0 Å². The van der Waals surface area contributed by atoms with Crippen LogP contribution < -0.4 is 14.8 Å². The number of nitrogens with one attached hydrogen (secondary N) is 1. The van der Waals surface area contributed by atoms with Crippen LogP contribution in [0.5, 0.6) is 11.5 Å². The number of hydrogen-bond donors (Lipinski definition) is 1. The molecule has 0 bridgehead atoms. The molecular weight excluding hydrogens is 352 g/mol. The van der Waals surface area contributed by atoms with Gasteiger partial charge in [-0.2, -0.15) is 8.78 Å². The Labute approximate surface area is 158 Å². The van der Waals surface area contributed by atoms with Crippen LogP contribution in [0.4, 0.5) is 8.78 Å². The molecule has 2 rings (SSSR count). The number of para-hydroxylation sites is 1. The van der Waals surface area contributed by atoms with Crippen molar-refractivity contribution < 1.29 is 23.0 Å². The number of methoxy groups -OCH3 is 1. The van der Waals surface area contributed by atoms with E-state index < -0.39 is 12.5 Å². The molecule has 0 aromatic heterocycles. The molecule has 0 fully saturated rings. The van der Waals surface area contributed by atoms with Crippen LogP contribution in [-0.2, 0) is 5.41 Å². The number of hydrogen-bond acceptors (Lipinski definition) is 3. The van der Waals surface area contributed by atoms with Gasteiger partial charge in [-0.1, -0.05) is 50.2 Å². The largest absolute Gasteiger partial charge is 0.493 e. The third-order valence-corrected chi connectivity index (χ3v) is 4.40. The molecule has 2 aromatic carbocycles. The minimum Gasteiger partial charge on any atom is -0.493 e. The molecule has 1 amide bonds. The lowest BCUT2D eigenvalue weighted by Crippen LogP contribution is -2.37. The zero-order valence-corrected chi connectivity index (χ0v) is 16.0. The van der Waals surface area contributed by atoms with Crippen LogP contribution in [0.25, 0.3) is 0 Å². The molecule has 4 nitrogen and oxygen atoms in total. The van der Waals surface area contributed by atoms with Crippen molar-refractivity contribution in [3.8, 4) is 11.5 Å². The second-order valence-electron chi connectivity index (χ2n) is 7.04. The van der Waals surface area contributed by atoms with Gasteiger partial charge in [-0.25, -0.2) is 0 Å². The van der Waals surface area contributed by atoms with Gasteiger partial charge in [-0.3, -0.25) is 4.79 Å². The third-order valence-electron chi connectivity index (χ3n) is 4.40. The first-order valence-corrected chi connectivity index (χ1v) is 8.73. The van der Waals surface area contributed by atoms with Crippen molar-refractivity contribution in [1.82, 2.24) is 5.32 Å². The normalized spacial score (nSPS) is 12.6. The van der Waals surface area contributed by atoms with Gasteiger partial charge in [0, 0.05) is 6.04 Å². The molecule has 0 saturated carbocycles. The van der Waals surface area contributed by atoms with Crippen molar-refractivity contribution in [2.75, 3.05) is 7.11 Å². The maximum atomic E-state index is 12.7. The molecule has 0 spiro atoms. The summed E-state index contributed by atoms with van der Waals surface area (Å²) in [6.07, 6.45) is 0.678. The van der Waals surface area contributed by atoms with Gasteiger partial charge in [-0.15, -0.1) is 0 Å². The maximum absolute atomic E-state index is 12.7. The summed E-state index contributed by atoms with van der Waals surface area (Å²) in [5.74, 6) is -0.664. The lowest BCUT2D eigenvalue weighted by molar-refractivity contribution is -0.0515. The van der Waals surface area contributed by atoms with Crippen molar-refractivity contribution in [3.05, 3.63) is 59.7 Å². The second kappa shape index (κ2) is 8.84. The highest BCUT2D eigenvalue weighted by molar-refractivity contribution is 5.98. The molecule has 0 aliphatic carbocycles. The van der Waals surface area contributed by atoms with Crippen molar-refractivity contribution in [1.29, 1.82) is 0 Å². The number of amides is 1. The van der Waals surface area contributed by atoms with Crippen LogP contribution in [0.15, 0.2) is 48.5 Å². The van der Waals surface area contributed by atoms with E-state index in [1.807, 2.05) is 37.3 Å². The first-order valence-electron chi connectivity index (χ1n) is 8.73. The van der Waals surface area contributed by atoms with E-state index >= 15 is 0 Å². The summed E-state index contributed by atoms with van der Waals surface area (Å²) in [6, 6.07) is 14.3. The number of ether oxygens (including phenoxy) is 2. The molecule has 0 radical (unpaired) electrons. The monoisotopic (exact) mass is 377 g/mol. The van der Waals surface area contributed by atoms with Crippen LogP contribution in [0.2, 0.25) is 0 Å². The zero-order chi connectivity index (χ0) is 20.0. The Morgan fingerprint density at radius 2 is 1.78 bits per heavy atom. The number of carbonyl (C=O) groups excluding carboxylic acids is 1. The Bertz CT molecular complexity index is 763. The van der Waals surface area contributed by atoms with Crippen molar-refractivity contribution >= 4 is 5.91 Å². The molecule has 1 unspecified atom stereocenters. The van der Waals surface area contributed by atoms with Gasteiger partial charge in [0.15, 0.2) is 11.5 Å². The van der Waals surface area contributed by atoms with Crippen LogP contribution >= 0.6 is 0 Å². The molecule has 0 heterocycles.